The van der Waals surface area contributed by atoms with Crippen LogP contribution in [0.1, 0.15) is 26.3 Å². The molecular weight excluding hydrogens is 346 g/mol. The van der Waals surface area contributed by atoms with Crippen molar-refractivity contribution >= 4 is 16.7 Å². The second-order valence-corrected chi connectivity index (χ2v) is 8.20. The maximum atomic E-state index is 12.8. The Bertz CT molecular complexity index is 794. The lowest BCUT2D eigenvalue weighted by Gasteiger charge is -2.35. The summed E-state index contributed by atoms with van der Waals surface area (Å²) in [5.41, 5.74) is 0.601. The van der Waals surface area contributed by atoms with Crippen molar-refractivity contribution in [1.82, 2.24) is 4.90 Å². The van der Waals surface area contributed by atoms with Crippen molar-refractivity contribution in [1.29, 1.82) is 0 Å². The molecule has 4 nitrogen and oxygen atoms in total. The lowest BCUT2D eigenvalue weighted by Crippen LogP contribution is -2.44. The van der Waals surface area contributed by atoms with E-state index in [1.807, 2.05) is 63.2 Å². The molecule has 0 aliphatic rings. The van der Waals surface area contributed by atoms with Gasteiger partial charge in [0, 0.05) is 28.5 Å². The maximum Gasteiger partial charge on any atom is 0.247 e. The average Bonchev–Trinajstić information content (AvgIpc) is 2.64. The van der Waals surface area contributed by atoms with Crippen LogP contribution in [0, 0.1) is 0 Å². The zero-order chi connectivity index (χ0) is 19.2. The van der Waals surface area contributed by atoms with Crippen molar-refractivity contribution < 1.29 is 13.7 Å². The fraction of sp³-hybridized carbons (Fsp3) is 0.286. The third-order valence-corrected chi connectivity index (χ3v) is 4.98. The Morgan fingerprint density at radius 2 is 1.81 bits per heavy atom. The third kappa shape index (κ3) is 5.56. The van der Waals surface area contributed by atoms with Crippen LogP contribution in [0.15, 0.2) is 71.0 Å². The van der Waals surface area contributed by atoms with E-state index in [9.17, 15) is 9.00 Å². The molecule has 2 aromatic rings. The molecule has 1 atom stereocenters. The van der Waals surface area contributed by atoms with E-state index in [2.05, 4.69) is 0 Å². The minimum atomic E-state index is -1.35. The van der Waals surface area contributed by atoms with E-state index in [0.717, 1.165) is 11.3 Å². The van der Waals surface area contributed by atoms with Crippen LogP contribution in [0.2, 0.25) is 0 Å². The zero-order valence-electron chi connectivity index (χ0n) is 15.6. The zero-order valence-corrected chi connectivity index (χ0v) is 16.5. The minimum Gasteiger partial charge on any atom is -0.497 e. The Kier molecular flexibility index (Phi) is 6.75. The lowest BCUT2D eigenvalue weighted by molar-refractivity contribution is -0.131. The van der Waals surface area contributed by atoms with E-state index in [1.54, 1.807) is 24.1 Å². The number of benzene rings is 2. The summed E-state index contributed by atoms with van der Waals surface area (Å²) in [6.07, 6.45) is 1.40. The fourth-order valence-corrected chi connectivity index (χ4v) is 3.26. The highest BCUT2D eigenvalue weighted by Gasteiger charge is 2.25. The minimum absolute atomic E-state index is 0.176. The predicted molar refractivity (Wildman–Crippen MR) is 105 cm³/mol. The highest BCUT2D eigenvalue weighted by molar-refractivity contribution is 7.88. The standard InChI is InChI=1S/C21H25NO3S/c1-21(2,3)22(16-17-9-8-10-18(15-17)25-4)20(23)13-14-26(24)19-11-6-5-7-12-19/h5-15H,16H2,1-4H3/b14-13+. The van der Waals surface area contributed by atoms with E-state index in [4.69, 9.17) is 4.74 Å². The van der Waals surface area contributed by atoms with Crippen molar-refractivity contribution in [3.05, 3.63) is 71.6 Å². The Hall–Kier alpha value is -2.40. The van der Waals surface area contributed by atoms with Gasteiger partial charge in [0.15, 0.2) is 0 Å². The van der Waals surface area contributed by atoms with E-state index >= 15 is 0 Å². The molecule has 0 N–H and O–H groups in total. The first-order valence-corrected chi connectivity index (χ1v) is 9.61. The largest absolute Gasteiger partial charge is 0.497 e. The molecule has 2 rings (SSSR count). The van der Waals surface area contributed by atoms with Crippen molar-refractivity contribution in [2.45, 2.75) is 37.8 Å². The molecule has 0 bridgehead atoms. The summed E-state index contributed by atoms with van der Waals surface area (Å²) in [7, 11) is 0.272. The summed E-state index contributed by atoms with van der Waals surface area (Å²) in [5, 5.41) is 1.45. The molecule has 0 aliphatic carbocycles. The third-order valence-electron chi connectivity index (χ3n) is 3.86. The maximum absolute atomic E-state index is 12.8. The molecule has 0 aromatic heterocycles. The highest BCUT2D eigenvalue weighted by Crippen LogP contribution is 2.21. The SMILES string of the molecule is COc1cccc(CN(C(=O)/C=C/S(=O)c2ccccc2)C(C)(C)C)c1. The first-order valence-electron chi connectivity index (χ1n) is 8.39. The molecule has 26 heavy (non-hydrogen) atoms. The fourth-order valence-electron chi connectivity index (χ4n) is 2.44. The molecular formula is C21H25NO3S. The number of methoxy groups -OCH3 is 1. The van der Waals surface area contributed by atoms with Crippen LogP contribution in [-0.4, -0.2) is 27.7 Å². The molecule has 1 unspecified atom stereocenters. The van der Waals surface area contributed by atoms with E-state index in [0.29, 0.717) is 11.4 Å². The van der Waals surface area contributed by atoms with Crippen molar-refractivity contribution in [2.75, 3.05) is 7.11 Å². The number of hydrogen-bond donors (Lipinski definition) is 0. The van der Waals surface area contributed by atoms with Crippen LogP contribution >= 0.6 is 0 Å². The van der Waals surface area contributed by atoms with Gasteiger partial charge in [-0.15, -0.1) is 0 Å². The van der Waals surface area contributed by atoms with E-state index in [-0.39, 0.29) is 11.4 Å². The van der Waals surface area contributed by atoms with Gasteiger partial charge in [-0.25, -0.2) is 4.21 Å². The van der Waals surface area contributed by atoms with Crippen LogP contribution < -0.4 is 4.74 Å². The predicted octanol–water partition coefficient (Wildman–Crippen LogP) is 4.14. The molecule has 0 radical (unpaired) electrons. The van der Waals surface area contributed by atoms with E-state index < -0.39 is 10.8 Å². The summed E-state index contributed by atoms with van der Waals surface area (Å²) >= 11 is 0. The highest BCUT2D eigenvalue weighted by atomic mass is 32.2. The Labute approximate surface area is 157 Å². The summed E-state index contributed by atoms with van der Waals surface area (Å²) < 4.78 is 17.6. The number of ether oxygens (including phenoxy) is 1. The number of rotatable bonds is 6. The average molecular weight is 372 g/mol. The summed E-state index contributed by atoms with van der Waals surface area (Å²) in [5.74, 6) is 0.578. The van der Waals surface area contributed by atoms with Crippen molar-refractivity contribution in [2.24, 2.45) is 0 Å². The normalized spacial score (nSPS) is 12.8. The Morgan fingerprint density at radius 3 is 2.42 bits per heavy atom. The van der Waals surface area contributed by atoms with Crippen LogP contribution in [0.3, 0.4) is 0 Å². The smallest absolute Gasteiger partial charge is 0.247 e. The van der Waals surface area contributed by atoms with Crippen LogP contribution in [0.25, 0.3) is 0 Å². The topological polar surface area (TPSA) is 46.6 Å². The van der Waals surface area contributed by atoms with Gasteiger partial charge >= 0.3 is 0 Å². The van der Waals surface area contributed by atoms with Gasteiger partial charge in [0.1, 0.15) is 5.75 Å². The molecule has 0 saturated carbocycles. The number of nitrogens with zero attached hydrogens (tertiary/aromatic N) is 1. The second kappa shape index (κ2) is 8.81. The van der Waals surface area contributed by atoms with Gasteiger partial charge in [0.05, 0.1) is 17.9 Å². The van der Waals surface area contributed by atoms with Crippen molar-refractivity contribution in [3.63, 3.8) is 0 Å². The van der Waals surface area contributed by atoms with Gasteiger partial charge in [-0.05, 0) is 50.6 Å². The summed E-state index contributed by atoms with van der Waals surface area (Å²) in [4.78, 5) is 15.2. The monoisotopic (exact) mass is 371 g/mol. The Balaban J connectivity index is 2.17. The van der Waals surface area contributed by atoms with Gasteiger partial charge in [-0.1, -0.05) is 30.3 Å². The van der Waals surface area contributed by atoms with Gasteiger partial charge in [0.2, 0.25) is 5.91 Å². The number of carbonyl (C=O) groups is 1. The van der Waals surface area contributed by atoms with E-state index in [1.165, 1.54) is 11.5 Å². The van der Waals surface area contributed by atoms with Gasteiger partial charge in [0.25, 0.3) is 0 Å². The van der Waals surface area contributed by atoms with Gasteiger partial charge in [-0.3, -0.25) is 4.79 Å². The lowest BCUT2D eigenvalue weighted by atomic mass is 10.0. The molecule has 5 heteroatoms. The van der Waals surface area contributed by atoms with Gasteiger partial charge in [-0.2, -0.15) is 0 Å². The molecule has 138 valence electrons. The molecule has 0 aliphatic heterocycles. The molecule has 0 fully saturated rings. The van der Waals surface area contributed by atoms with Gasteiger partial charge < -0.3 is 9.64 Å². The van der Waals surface area contributed by atoms with Crippen LogP contribution in [0.4, 0.5) is 0 Å². The first-order chi connectivity index (χ1) is 12.3. The molecule has 1 amide bonds. The quantitative estimate of drug-likeness (QED) is 0.717. The number of hydrogen-bond acceptors (Lipinski definition) is 3. The summed E-state index contributed by atoms with van der Waals surface area (Å²) in [6, 6.07) is 16.7. The first kappa shape index (κ1) is 19.9. The van der Waals surface area contributed by atoms with Crippen LogP contribution in [0.5, 0.6) is 5.75 Å². The van der Waals surface area contributed by atoms with Crippen LogP contribution in [-0.2, 0) is 22.1 Å². The molecule has 0 spiro atoms. The molecule has 0 saturated heterocycles. The Morgan fingerprint density at radius 1 is 1.12 bits per heavy atom. The van der Waals surface area contributed by atoms with Crippen molar-refractivity contribution in [3.8, 4) is 5.75 Å². The number of carbonyl (C=O) groups excluding carboxylic acids is 1. The second-order valence-electron chi connectivity index (χ2n) is 6.86. The molecule has 2 aromatic carbocycles. The number of amides is 1. The summed E-state index contributed by atoms with van der Waals surface area (Å²) in [6.45, 7) is 6.38. The molecule has 0 heterocycles.